The van der Waals surface area contributed by atoms with Crippen LogP contribution >= 0.6 is 0 Å². The summed E-state index contributed by atoms with van der Waals surface area (Å²) in [5.74, 6) is 0. The molecule has 1 fully saturated rings. The summed E-state index contributed by atoms with van der Waals surface area (Å²) in [6, 6.07) is 16.6. The predicted octanol–water partition coefficient (Wildman–Crippen LogP) is 4.39. The highest BCUT2D eigenvalue weighted by atomic mass is 16.5. The Morgan fingerprint density at radius 2 is 1.81 bits per heavy atom. The van der Waals surface area contributed by atoms with Crippen molar-refractivity contribution in [2.75, 3.05) is 18.4 Å². The summed E-state index contributed by atoms with van der Waals surface area (Å²) in [7, 11) is 0. The Balaban J connectivity index is 1.24. The van der Waals surface area contributed by atoms with Crippen molar-refractivity contribution in [2.24, 2.45) is 0 Å². The minimum Gasteiger partial charge on any atom is -0.373 e. The lowest BCUT2D eigenvalue weighted by Gasteiger charge is -2.32. The molecule has 2 aliphatic rings. The summed E-state index contributed by atoms with van der Waals surface area (Å²) < 4.78 is 6.01. The Hall–Kier alpha value is -2.33. The maximum atomic E-state index is 12.5. The number of nitrogens with zero attached hydrogens (tertiary/aromatic N) is 1. The van der Waals surface area contributed by atoms with Crippen LogP contribution in [0.4, 0.5) is 10.5 Å². The molecule has 0 bridgehead atoms. The number of benzene rings is 2. The van der Waals surface area contributed by atoms with Crippen LogP contribution in [0.3, 0.4) is 0 Å². The molecule has 4 nitrogen and oxygen atoms in total. The number of urea groups is 1. The van der Waals surface area contributed by atoms with Crippen LogP contribution in [0.1, 0.15) is 36.0 Å². The lowest BCUT2D eigenvalue weighted by molar-refractivity contribution is 0.00540. The Kier molecular flexibility index (Phi) is 5.21. The van der Waals surface area contributed by atoms with Crippen molar-refractivity contribution in [3.8, 4) is 0 Å². The summed E-state index contributed by atoms with van der Waals surface area (Å²) in [4.78, 5) is 14.4. The molecule has 0 atom stereocenters. The number of likely N-dealkylation sites (tertiary alicyclic amines) is 1. The van der Waals surface area contributed by atoms with E-state index in [1.54, 1.807) is 0 Å². The fraction of sp³-hybridized carbons (Fsp3) is 0.409. The summed E-state index contributed by atoms with van der Waals surface area (Å²) in [5.41, 5.74) is 4.93. The molecular weight excluding hydrogens is 324 g/mol. The van der Waals surface area contributed by atoms with E-state index in [9.17, 15) is 4.79 Å². The number of carbonyl (C=O) groups excluding carboxylic acids is 1. The van der Waals surface area contributed by atoms with Crippen LogP contribution in [0.2, 0.25) is 0 Å². The lowest BCUT2D eigenvalue weighted by atomic mass is 10.1. The van der Waals surface area contributed by atoms with E-state index in [4.69, 9.17) is 4.74 Å². The normalized spacial score (nSPS) is 17.2. The maximum absolute atomic E-state index is 12.5. The first-order valence-electron chi connectivity index (χ1n) is 9.61. The molecule has 0 unspecified atom stereocenters. The van der Waals surface area contributed by atoms with E-state index in [1.807, 2.05) is 29.2 Å². The quantitative estimate of drug-likeness (QED) is 0.888. The average molecular weight is 350 g/mol. The number of fused-ring (bicyclic) bond motifs is 1. The number of hydrogen-bond donors (Lipinski definition) is 1. The molecule has 1 heterocycles. The van der Waals surface area contributed by atoms with Gasteiger partial charge in [0, 0.05) is 18.8 Å². The van der Waals surface area contributed by atoms with Crippen molar-refractivity contribution in [3.05, 3.63) is 65.2 Å². The van der Waals surface area contributed by atoms with Crippen molar-refractivity contribution in [1.82, 2.24) is 4.90 Å². The maximum Gasteiger partial charge on any atom is 0.321 e. The van der Waals surface area contributed by atoms with E-state index in [-0.39, 0.29) is 12.1 Å². The molecule has 0 radical (unpaired) electrons. The second kappa shape index (κ2) is 7.92. The number of rotatable bonds is 4. The smallest absolute Gasteiger partial charge is 0.321 e. The van der Waals surface area contributed by atoms with Crippen LogP contribution in [0.5, 0.6) is 0 Å². The molecule has 0 spiro atoms. The standard InChI is InChI=1S/C22H26N2O2/c25-22(23-20-10-9-18-7-4-8-19(18)15-20)24-13-11-21(12-14-24)26-16-17-5-2-1-3-6-17/h1-3,5-6,9-10,15,21H,4,7-8,11-14,16H2,(H,23,25). The zero-order chi connectivity index (χ0) is 17.8. The van der Waals surface area contributed by atoms with E-state index in [2.05, 4.69) is 29.6 Å². The number of anilines is 1. The van der Waals surface area contributed by atoms with Crippen LogP contribution in [0.25, 0.3) is 0 Å². The average Bonchev–Trinajstić information content (AvgIpc) is 3.15. The van der Waals surface area contributed by atoms with Crippen LogP contribution < -0.4 is 5.32 Å². The first kappa shape index (κ1) is 17.1. The van der Waals surface area contributed by atoms with Crippen LogP contribution in [-0.4, -0.2) is 30.1 Å². The van der Waals surface area contributed by atoms with Gasteiger partial charge in [-0.25, -0.2) is 4.79 Å². The zero-order valence-corrected chi connectivity index (χ0v) is 15.1. The third-order valence-corrected chi connectivity index (χ3v) is 5.41. The highest BCUT2D eigenvalue weighted by Gasteiger charge is 2.23. The summed E-state index contributed by atoms with van der Waals surface area (Å²) in [5, 5.41) is 3.06. The van der Waals surface area contributed by atoms with Crippen molar-refractivity contribution in [2.45, 2.75) is 44.8 Å². The van der Waals surface area contributed by atoms with Crippen molar-refractivity contribution < 1.29 is 9.53 Å². The molecule has 26 heavy (non-hydrogen) atoms. The Morgan fingerprint density at radius 1 is 1.04 bits per heavy atom. The van der Waals surface area contributed by atoms with Gasteiger partial charge in [-0.1, -0.05) is 36.4 Å². The number of piperidine rings is 1. The summed E-state index contributed by atoms with van der Waals surface area (Å²) in [6.07, 6.45) is 5.54. The van der Waals surface area contributed by atoms with Gasteiger partial charge in [0.1, 0.15) is 0 Å². The SMILES string of the molecule is O=C(Nc1ccc2c(c1)CCC2)N1CCC(OCc2ccccc2)CC1. The minimum atomic E-state index is 0.00413. The monoisotopic (exact) mass is 350 g/mol. The Labute approximate surface area is 155 Å². The second-order valence-electron chi connectivity index (χ2n) is 7.25. The fourth-order valence-electron chi connectivity index (χ4n) is 3.87. The Bertz CT molecular complexity index is 752. The molecule has 2 amide bonds. The molecular formula is C22H26N2O2. The van der Waals surface area contributed by atoms with Crippen molar-refractivity contribution in [1.29, 1.82) is 0 Å². The highest BCUT2D eigenvalue weighted by Crippen LogP contribution is 2.25. The van der Waals surface area contributed by atoms with Crippen LogP contribution in [-0.2, 0) is 24.2 Å². The van der Waals surface area contributed by atoms with Crippen LogP contribution in [0.15, 0.2) is 48.5 Å². The van der Waals surface area contributed by atoms with Gasteiger partial charge in [0.05, 0.1) is 12.7 Å². The van der Waals surface area contributed by atoms with Gasteiger partial charge in [-0.15, -0.1) is 0 Å². The van der Waals surface area contributed by atoms with E-state index >= 15 is 0 Å². The van der Waals surface area contributed by atoms with E-state index in [0.717, 1.165) is 38.0 Å². The zero-order valence-electron chi connectivity index (χ0n) is 15.1. The number of hydrogen-bond acceptors (Lipinski definition) is 2. The fourth-order valence-corrected chi connectivity index (χ4v) is 3.87. The Morgan fingerprint density at radius 3 is 2.62 bits per heavy atom. The first-order chi connectivity index (χ1) is 12.8. The topological polar surface area (TPSA) is 41.6 Å². The van der Waals surface area contributed by atoms with Crippen LogP contribution in [0, 0.1) is 0 Å². The van der Waals surface area contributed by atoms with E-state index < -0.39 is 0 Å². The molecule has 1 aliphatic heterocycles. The van der Waals surface area contributed by atoms with Gasteiger partial charge in [0.25, 0.3) is 0 Å². The van der Waals surface area contributed by atoms with Gasteiger partial charge < -0.3 is 15.0 Å². The van der Waals surface area contributed by atoms with Gasteiger partial charge in [-0.05, 0) is 60.9 Å². The molecule has 1 N–H and O–H groups in total. The predicted molar refractivity (Wildman–Crippen MR) is 103 cm³/mol. The molecule has 0 aromatic heterocycles. The van der Waals surface area contributed by atoms with E-state index in [1.165, 1.54) is 29.5 Å². The molecule has 4 heteroatoms. The largest absolute Gasteiger partial charge is 0.373 e. The molecule has 2 aromatic carbocycles. The molecule has 1 saturated heterocycles. The molecule has 4 rings (SSSR count). The van der Waals surface area contributed by atoms with Gasteiger partial charge in [0.2, 0.25) is 0 Å². The molecule has 2 aromatic rings. The lowest BCUT2D eigenvalue weighted by Crippen LogP contribution is -2.43. The number of carbonyl (C=O) groups is 1. The summed E-state index contributed by atoms with van der Waals surface area (Å²) >= 11 is 0. The van der Waals surface area contributed by atoms with E-state index in [0.29, 0.717) is 6.61 Å². The number of amides is 2. The molecule has 0 saturated carbocycles. The van der Waals surface area contributed by atoms with Gasteiger partial charge in [0.15, 0.2) is 0 Å². The molecule has 1 aliphatic carbocycles. The number of nitrogens with one attached hydrogen (secondary N) is 1. The third-order valence-electron chi connectivity index (χ3n) is 5.41. The number of ether oxygens (including phenoxy) is 1. The first-order valence-corrected chi connectivity index (χ1v) is 9.61. The van der Waals surface area contributed by atoms with Gasteiger partial charge in [-0.3, -0.25) is 0 Å². The summed E-state index contributed by atoms with van der Waals surface area (Å²) in [6.45, 7) is 2.14. The number of aryl methyl sites for hydroxylation is 2. The second-order valence-corrected chi connectivity index (χ2v) is 7.25. The van der Waals surface area contributed by atoms with Crippen molar-refractivity contribution in [3.63, 3.8) is 0 Å². The van der Waals surface area contributed by atoms with Crippen molar-refractivity contribution >= 4 is 11.7 Å². The third kappa shape index (κ3) is 4.07. The van der Waals surface area contributed by atoms with Gasteiger partial charge >= 0.3 is 6.03 Å². The molecule has 136 valence electrons. The highest BCUT2D eigenvalue weighted by molar-refractivity contribution is 5.89. The van der Waals surface area contributed by atoms with Gasteiger partial charge in [-0.2, -0.15) is 0 Å². The minimum absolute atomic E-state index is 0.00413.